The van der Waals surface area contributed by atoms with Crippen LogP contribution < -0.4 is 0 Å². The molecule has 0 spiro atoms. The van der Waals surface area contributed by atoms with E-state index in [-0.39, 0.29) is 25.9 Å². The van der Waals surface area contributed by atoms with Crippen molar-refractivity contribution in [1.29, 1.82) is 0 Å². The van der Waals surface area contributed by atoms with Gasteiger partial charge in [-0.3, -0.25) is 4.79 Å². The van der Waals surface area contributed by atoms with Crippen molar-refractivity contribution in [2.24, 2.45) is 5.41 Å². The fraction of sp³-hybridized carbons (Fsp3) is 0.833. The van der Waals surface area contributed by atoms with Gasteiger partial charge >= 0.3 is 12.1 Å². The van der Waals surface area contributed by atoms with Gasteiger partial charge in [0.2, 0.25) is 5.91 Å². The lowest BCUT2D eigenvalue weighted by molar-refractivity contribution is -0.251. The summed E-state index contributed by atoms with van der Waals surface area (Å²) in [6, 6.07) is 0. The number of alkyl halides is 3. The molecule has 2 atom stereocenters. The largest absolute Gasteiger partial charge is 0.479 e. The van der Waals surface area contributed by atoms with Crippen LogP contribution in [0.3, 0.4) is 0 Å². The molecular formula is C12H16F3NO4. The van der Waals surface area contributed by atoms with E-state index in [1.807, 2.05) is 0 Å². The van der Waals surface area contributed by atoms with Crippen LogP contribution in [0.2, 0.25) is 0 Å². The van der Waals surface area contributed by atoms with Crippen LogP contribution in [-0.4, -0.2) is 53.4 Å². The highest BCUT2D eigenvalue weighted by atomic mass is 19.4. The summed E-state index contributed by atoms with van der Waals surface area (Å²) in [5, 5.41) is 8.90. The third kappa shape index (κ3) is 2.36. The molecule has 2 fully saturated rings. The van der Waals surface area contributed by atoms with Crippen LogP contribution in [0.1, 0.15) is 26.2 Å². The summed E-state index contributed by atoms with van der Waals surface area (Å²) < 4.78 is 44.5. The molecule has 20 heavy (non-hydrogen) atoms. The van der Waals surface area contributed by atoms with Gasteiger partial charge in [-0.05, 0) is 19.8 Å². The number of amides is 1. The van der Waals surface area contributed by atoms with E-state index in [0.29, 0.717) is 6.42 Å². The molecule has 0 radical (unpaired) electrons. The predicted molar refractivity (Wildman–Crippen MR) is 60.9 cm³/mol. The first-order chi connectivity index (χ1) is 9.17. The highest BCUT2D eigenvalue weighted by Gasteiger charge is 2.64. The summed E-state index contributed by atoms with van der Waals surface area (Å²) in [5.74, 6) is -2.29. The van der Waals surface area contributed by atoms with Gasteiger partial charge in [-0.2, -0.15) is 13.2 Å². The fourth-order valence-electron chi connectivity index (χ4n) is 2.71. The second kappa shape index (κ2) is 4.91. The molecule has 1 amide bonds. The number of aliphatic carboxylic acids is 1. The number of hydrogen-bond acceptors (Lipinski definition) is 3. The fourth-order valence-corrected chi connectivity index (χ4v) is 2.71. The number of rotatable bonds is 2. The Morgan fingerprint density at radius 3 is 2.30 bits per heavy atom. The Kier molecular flexibility index (Phi) is 3.70. The van der Waals surface area contributed by atoms with Gasteiger partial charge in [-0.1, -0.05) is 6.42 Å². The van der Waals surface area contributed by atoms with E-state index < -0.39 is 35.7 Å². The van der Waals surface area contributed by atoms with E-state index in [9.17, 15) is 22.8 Å². The molecule has 0 aromatic rings. The Hall–Kier alpha value is -1.31. The summed E-state index contributed by atoms with van der Waals surface area (Å²) in [5.41, 5.74) is -2.33. The van der Waals surface area contributed by atoms with Crippen molar-refractivity contribution in [3.8, 4) is 0 Å². The van der Waals surface area contributed by atoms with E-state index in [0.717, 1.165) is 4.90 Å². The van der Waals surface area contributed by atoms with Crippen LogP contribution in [0.4, 0.5) is 13.2 Å². The topological polar surface area (TPSA) is 66.8 Å². The zero-order chi connectivity index (χ0) is 15.1. The van der Waals surface area contributed by atoms with E-state index >= 15 is 0 Å². The van der Waals surface area contributed by atoms with Gasteiger partial charge in [-0.15, -0.1) is 0 Å². The summed E-state index contributed by atoms with van der Waals surface area (Å²) in [4.78, 5) is 24.1. The maximum absolute atomic E-state index is 13.1. The molecule has 1 heterocycles. The second-order valence-electron chi connectivity index (χ2n) is 5.42. The molecule has 0 aromatic heterocycles. The number of nitrogens with zero attached hydrogens (tertiary/aromatic N) is 1. The van der Waals surface area contributed by atoms with E-state index in [2.05, 4.69) is 0 Å². The molecule has 2 rings (SSSR count). The minimum Gasteiger partial charge on any atom is -0.479 e. The molecule has 0 bridgehead atoms. The molecule has 0 aromatic carbocycles. The molecule has 1 N–H and O–H groups in total. The van der Waals surface area contributed by atoms with Gasteiger partial charge in [0.1, 0.15) is 5.41 Å². The van der Waals surface area contributed by atoms with Crippen molar-refractivity contribution < 1.29 is 32.6 Å². The summed E-state index contributed by atoms with van der Waals surface area (Å²) in [6.45, 7) is 1.19. The quantitative estimate of drug-likeness (QED) is 0.836. The van der Waals surface area contributed by atoms with Crippen LogP contribution in [0.25, 0.3) is 0 Å². The SMILES string of the molecule is C[C@@H]1CN(C(=O)C2(C(F)(F)F)CCC2)C[C@H](C(=O)O)O1. The van der Waals surface area contributed by atoms with E-state index in [1.54, 1.807) is 0 Å². The molecule has 8 heteroatoms. The summed E-state index contributed by atoms with van der Waals surface area (Å²) >= 11 is 0. The minimum absolute atomic E-state index is 0.0134. The van der Waals surface area contributed by atoms with Gasteiger partial charge in [0.25, 0.3) is 0 Å². The average molecular weight is 295 g/mol. The number of carbonyl (C=O) groups is 2. The maximum atomic E-state index is 13.1. The molecule has 1 aliphatic carbocycles. The minimum atomic E-state index is -4.59. The van der Waals surface area contributed by atoms with Crippen molar-refractivity contribution in [2.45, 2.75) is 44.6 Å². The molecular weight excluding hydrogens is 279 g/mol. The molecule has 2 aliphatic rings. The van der Waals surface area contributed by atoms with Gasteiger partial charge in [0, 0.05) is 6.54 Å². The number of morpholine rings is 1. The lowest BCUT2D eigenvalue weighted by Crippen LogP contribution is -2.61. The first-order valence-electron chi connectivity index (χ1n) is 6.42. The zero-order valence-corrected chi connectivity index (χ0v) is 10.9. The number of ether oxygens (including phenoxy) is 1. The molecule has 5 nitrogen and oxygen atoms in total. The summed E-state index contributed by atoms with van der Waals surface area (Å²) in [6.07, 6.45) is -6.56. The van der Waals surface area contributed by atoms with Gasteiger partial charge in [-0.25, -0.2) is 4.79 Å². The smallest absolute Gasteiger partial charge is 0.403 e. The van der Waals surface area contributed by atoms with Crippen LogP contribution in [0, 0.1) is 5.41 Å². The third-order valence-electron chi connectivity index (χ3n) is 3.98. The Labute approximate surface area is 113 Å². The number of carboxylic acids is 1. The standard InChI is InChI=1S/C12H16F3NO4/c1-7-5-16(6-8(20-7)9(17)18)10(19)11(3-2-4-11)12(13,14)15/h7-8H,2-6H2,1H3,(H,17,18)/t7-,8-/m1/s1. The Morgan fingerprint density at radius 1 is 1.30 bits per heavy atom. The molecule has 1 saturated carbocycles. The van der Waals surface area contributed by atoms with E-state index in [4.69, 9.17) is 9.84 Å². The van der Waals surface area contributed by atoms with Crippen LogP contribution in [-0.2, 0) is 14.3 Å². The van der Waals surface area contributed by atoms with Crippen molar-refractivity contribution >= 4 is 11.9 Å². The van der Waals surface area contributed by atoms with Crippen molar-refractivity contribution in [1.82, 2.24) is 4.90 Å². The van der Waals surface area contributed by atoms with E-state index in [1.165, 1.54) is 6.92 Å². The average Bonchev–Trinajstić information content (AvgIpc) is 2.24. The number of hydrogen-bond donors (Lipinski definition) is 1. The predicted octanol–water partition coefficient (Wildman–Crippen LogP) is 1.42. The Balaban J connectivity index is 2.18. The highest BCUT2D eigenvalue weighted by Crippen LogP contribution is 2.54. The summed E-state index contributed by atoms with van der Waals surface area (Å²) in [7, 11) is 0. The maximum Gasteiger partial charge on any atom is 0.403 e. The zero-order valence-electron chi connectivity index (χ0n) is 10.9. The van der Waals surface area contributed by atoms with Crippen molar-refractivity contribution in [3.05, 3.63) is 0 Å². The number of carbonyl (C=O) groups excluding carboxylic acids is 1. The second-order valence-corrected chi connectivity index (χ2v) is 5.42. The number of carboxylic acid groups (broad SMARTS) is 1. The van der Waals surface area contributed by atoms with Crippen LogP contribution in [0.5, 0.6) is 0 Å². The van der Waals surface area contributed by atoms with Crippen LogP contribution in [0.15, 0.2) is 0 Å². The third-order valence-corrected chi connectivity index (χ3v) is 3.98. The molecule has 114 valence electrons. The lowest BCUT2D eigenvalue weighted by atomic mass is 9.67. The van der Waals surface area contributed by atoms with Gasteiger partial charge in [0.05, 0.1) is 12.6 Å². The van der Waals surface area contributed by atoms with Gasteiger partial charge < -0.3 is 14.7 Å². The molecule has 1 aliphatic heterocycles. The first-order valence-corrected chi connectivity index (χ1v) is 6.42. The Morgan fingerprint density at radius 2 is 1.90 bits per heavy atom. The van der Waals surface area contributed by atoms with Crippen molar-refractivity contribution in [2.75, 3.05) is 13.1 Å². The monoisotopic (exact) mass is 295 g/mol. The normalized spacial score (nSPS) is 29.7. The van der Waals surface area contributed by atoms with Gasteiger partial charge in [0.15, 0.2) is 6.10 Å². The Bertz CT molecular complexity index is 419. The molecule has 0 unspecified atom stereocenters. The lowest BCUT2D eigenvalue weighted by Gasteiger charge is -2.46. The number of halogens is 3. The first kappa shape index (κ1) is 15.1. The van der Waals surface area contributed by atoms with Crippen molar-refractivity contribution in [3.63, 3.8) is 0 Å². The van der Waals surface area contributed by atoms with Crippen LogP contribution >= 0.6 is 0 Å². The highest BCUT2D eigenvalue weighted by molar-refractivity contribution is 5.85. The molecule has 1 saturated heterocycles.